The summed E-state index contributed by atoms with van der Waals surface area (Å²) >= 11 is 0. The standard InChI is InChI=1S/C8H14N2O3.C4H10/c1-5(11)7(10-6(2)12)3-4-8(9)13;1-3-4-2/h7H,3-4H2,1-2H3,(H2,9,13)(H,10,12);3-4H2,1-2H3. The highest BCUT2D eigenvalue weighted by Gasteiger charge is 2.15. The molecule has 0 heterocycles. The highest BCUT2D eigenvalue weighted by atomic mass is 16.2. The van der Waals surface area contributed by atoms with Crippen molar-refractivity contribution in [2.45, 2.75) is 59.4 Å². The molecule has 0 rings (SSSR count). The first kappa shape index (κ1) is 18.0. The van der Waals surface area contributed by atoms with Crippen LogP contribution in [0.25, 0.3) is 0 Å². The Hall–Kier alpha value is -1.39. The summed E-state index contributed by atoms with van der Waals surface area (Å²) in [7, 11) is 0. The minimum Gasteiger partial charge on any atom is -0.370 e. The molecule has 0 radical (unpaired) electrons. The first-order valence-corrected chi connectivity index (χ1v) is 5.90. The maximum Gasteiger partial charge on any atom is 0.217 e. The molecule has 5 nitrogen and oxygen atoms in total. The van der Waals surface area contributed by atoms with Crippen LogP contribution in [0.1, 0.15) is 53.4 Å². The summed E-state index contributed by atoms with van der Waals surface area (Å²) in [6, 6.07) is -0.593. The Morgan fingerprint density at radius 3 is 1.82 bits per heavy atom. The van der Waals surface area contributed by atoms with E-state index in [0.717, 1.165) is 0 Å². The van der Waals surface area contributed by atoms with Crippen LogP contribution < -0.4 is 11.1 Å². The summed E-state index contributed by atoms with van der Waals surface area (Å²) in [6.07, 6.45) is 3.01. The van der Waals surface area contributed by atoms with Crippen molar-refractivity contribution in [1.29, 1.82) is 0 Å². The number of primary amides is 1. The fourth-order valence-electron chi connectivity index (χ4n) is 0.909. The van der Waals surface area contributed by atoms with E-state index in [1.165, 1.54) is 26.7 Å². The van der Waals surface area contributed by atoms with Crippen LogP contribution in [0.4, 0.5) is 0 Å². The van der Waals surface area contributed by atoms with Gasteiger partial charge in [0.2, 0.25) is 11.8 Å². The molecule has 1 atom stereocenters. The molecule has 0 aliphatic carbocycles. The second kappa shape index (κ2) is 11.1. The van der Waals surface area contributed by atoms with Crippen molar-refractivity contribution in [3.8, 4) is 0 Å². The van der Waals surface area contributed by atoms with Crippen LogP contribution in [0.15, 0.2) is 0 Å². The summed E-state index contributed by atoms with van der Waals surface area (Å²) in [5, 5.41) is 2.44. The zero-order valence-electron chi connectivity index (χ0n) is 11.2. The van der Waals surface area contributed by atoms with E-state index < -0.39 is 11.9 Å². The van der Waals surface area contributed by atoms with E-state index in [-0.39, 0.29) is 24.5 Å². The van der Waals surface area contributed by atoms with Crippen LogP contribution in [-0.2, 0) is 14.4 Å². The van der Waals surface area contributed by atoms with Gasteiger partial charge in [-0.1, -0.05) is 26.7 Å². The zero-order valence-corrected chi connectivity index (χ0v) is 11.2. The van der Waals surface area contributed by atoms with E-state index in [1.807, 2.05) is 0 Å². The Morgan fingerprint density at radius 1 is 1.12 bits per heavy atom. The summed E-state index contributed by atoms with van der Waals surface area (Å²) in [4.78, 5) is 32.0. The van der Waals surface area contributed by atoms with Gasteiger partial charge in [-0.2, -0.15) is 0 Å². The predicted molar refractivity (Wildman–Crippen MR) is 67.3 cm³/mol. The Bertz CT molecular complexity index is 250. The molecule has 0 bridgehead atoms. The predicted octanol–water partition coefficient (Wildman–Crippen LogP) is 1.15. The summed E-state index contributed by atoms with van der Waals surface area (Å²) in [5.74, 6) is -0.933. The normalized spacial score (nSPS) is 10.8. The lowest BCUT2D eigenvalue weighted by Gasteiger charge is -2.12. The maximum absolute atomic E-state index is 10.9. The van der Waals surface area contributed by atoms with Crippen molar-refractivity contribution in [1.82, 2.24) is 5.32 Å². The summed E-state index contributed by atoms with van der Waals surface area (Å²) in [6.45, 7) is 7.04. The molecular weight excluding hydrogens is 220 g/mol. The van der Waals surface area contributed by atoms with Crippen LogP contribution >= 0.6 is 0 Å². The summed E-state index contributed by atoms with van der Waals surface area (Å²) in [5.41, 5.74) is 4.91. The molecule has 2 amide bonds. The monoisotopic (exact) mass is 244 g/mol. The lowest BCUT2D eigenvalue weighted by molar-refractivity contribution is -0.126. The fraction of sp³-hybridized carbons (Fsp3) is 0.750. The van der Waals surface area contributed by atoms with E-state index in [1.54, 1.807) is 0 Å². The van der Waals surface area contributed by atoms with Crippen LogP contribution in [0, 0.1) is 0 Å². The number of rotatable bonds is 6. The SMILES string of the molecule is CC(=O)NC(CCC(N)=O)C(C)=O.CCCC. The Kier molecular flexibility index (Phi) is 11.8. The van der Waals surface area contributed by atoms with E-state index in [0.29, 0.717) is 0 Å². The van der Waals surface area contributed by atoms with Crippen molar-refractivity contribution in [3.63, 3.8) is 0 Å². The molecule has 0 aromatic heterocycles. The minimum absolute atomic E-state index is 0.102. The van der Waals surface area contributed by atoms with E-state index >= 15 is 0 Å². The quantitative estimate of drug-likeness (QED) is 0.734. The minimum atomic E-state index is -0.593. The van der Waals surface area contributed by atoms with Gasteiger partial charge in [-0.25, -0.2) is 0 Å². The summed E-state index contributed by atoms with van der Waals surface area (Å²) < 4.78 is 0. The molecule has 0 saturated carbocycles. The number of carbonyl (C=O) groups is 3. The first-order chi connectivity index (χ1) is 7.84. The molecule has 0 aliphatic rings. The van der Waals surface area contributed by atoms with Crippen molar-refractivity contribution >= 4 is 17.6 Å². The number of nitrogens with two attached hydrogens (primary N) is 1. The number of hydrogen-bond donors (Lipinski definition) is 2. The second-order valence-corrected chi connectivity index (χ2v) is 3.87. The van der Waals surface area contributed by atoms with Crippen molar-refractivity contribution < 1.29 is 14.4 Å². The number of Topliss-reactive ketones (excluding diaryl/α,β-unsaturated/α-hetero) is 1. The van der Waals surface area contributed by atoms with Gasteiger partial charge in [-0.15, -0.1) is 0 Å². The molecule has 100 valence electrons. The number of hydrogen-bond acceptors (Lipinski definition) is 3. The molecular formula is C12H24N2O3. The first-order valence-electron chi connectivity index (χ1n) is 5.90. The average molecular weight is 244 g/mol. The largest absolute Gasteiger partial charge is 0.370 e. The van der Waals surface area contributed by atoms with Gasteiger partial charge in [0.15, 0.2) is 5.78 Å². The third kappa shape index (κ3) is 14.6. The molecule has 0 aromatic rings. The number of carbonyl (C=O) groups excluding carboxylic acids is 3. The number of unbranched alkanes of at least 4 members (excludes halogenated alkanes) is 1. The fourth-order valence-corrected chi connectivity index (χ4v) is 0.909. The Labute approximate surface area is 103 Å². The number of nitrogens with one attached hydrogen (secondary N) is 1. The van der Waals surface area contributed by atoms with Crippen LogP contribution in [0.2, 0.25) is 0 Å². The van der Waals surface area contributed by atoms with Crippen molar-refractivity contribution in [2.75, 3.05) is 0 Å². The van der Waals surface area contributed by atoms with Gasteiger partial charge in [-0.05, 0) is 13.3 Å². The molecule has 0 spiro atoms. The average Bonchev–Trinajstić information content (AvgIpc) is 2.23. The zero-order chi connectivity index (χ0) is 13.8. The third-order valence-corrected chi connectivity index (χ3v) is 2.05. The van der Waals surface area contributed by atoms with Gasteiger partial charge in [-0.3, -0.25) is 14.4 Å². The molecule has 0 fully saturated rings. The maximum atomic E-state index is 10.9. The van der Waals surface area contributed by atoms with Gasteiger partial charge in [0.25, 0.3) is 0 Å². The molecule has 17 heavy (non-hydrogen) atoms. The van der Waals surface area contributed by atoms with Gasteiger partial charge >= 0.3 is 0 Å². The van der Waals surface area contributed by atoms with E-state index in [9.17, 15) is 14.4 Å². The lowest BCUT2D eigenvalue weighted by atomic mass is 10.1. The lowest BCUT2D eigenvalue weighted by Crippen LogP contribution is -2.39. The smallest absolute Gasteiger partial charge is 0.217 e. The molecule has 1 unspecified atom stereocenters. The highest BCUT2D eigenvalue weighted by Crippen LogP contribution is 1.98. The van der Waals surface area contributed by atoms with Gasteiger partial charge < -0.3 is 11.1 Å². The van der Waals surface area contributed by atoms with Gasteiger partial charge in [0.1, 0.15) is 0 Å². The van der Waals surface area contributed by atoms with Crippen LogP contribution in [0.5, 0.6) is 0 Å². The van der Waals surface area contributed by atoms with Gasteiger partial charge in [0.05, 0.1) is 6.04 Å². The molecule has 0 aliphatic heterocycles. The van der Waals surface area contributed by atoms with E-state index in [2.05, 4.69) is 19.2 Å². The number of amides is 2. The Morgan fingerprint density at radius 2 is 1.59 bits per heavy atom. The molecule has 3 N–H and O–H groups in total. The third-order valence-electron chi connectivity index (χ3n) is 2.05. The topological polar surface area (TPSA) is 89.3 Å². The van der Waals surface area contributed by atoms with E-state index in [4.69, 9.17) is 5.73 Å². The molecule has 0 aromatic carbocycles. The second-order valence-electron chi connectivity index (χ2n) is 3.87. The molecule has 0 saturated heterocycles. The number of ketones is 1. The Balaban J connectivity index is 0. The van der Waals surface area contributed by atoms with Crippen molar-refractivity contribution in [3.05, 3.63) is 0 Å². The van der Waals surface area contributed by atoms with Crippen LogP contribution in [-0.4, -0.2) is 23.6 Å². The molecule has 5 heteroatoms. The van der Waals surface area contributed by atoms with Crippen molar-refractivity contribution in [2.24, 2.45) is 5.73 Å². The highest BCUT2D eigenvalue weighted by molar-refractivity contribution is 5.87. The van der Waals surface area contributed by atoms with Gasteiger partial charge in [0, 0.05) is 13.3 Å². The van der Waals surface area contributed by atoms with Crippen LogP contribution in [0.3, 0.4) is 0 Å².